The number of aromatic nitrogens is 1. The molecule has 0 atom stereocenters. The third-order valence-electron chi connectivity index (χ3n) is 3.30. The minimum atomic E-state index is 0.177. The van der Waals surface area contributed by atoms with Gasteiger partial charge in [0, 0.05) is 44.5 Å². The zero-order valence-corrected chi connectivity index (χ0v) is 12.6. The van der Waals surface area contributed by atoms with Gasteiger partial charge in [-0.05, 0) is 31.9 Å². The standard InChI is InChI=1S/C15H25N5O/c1-2-16-15(19-9-12-20-10-3-4-11-20)18-8-7-17-14(21)13-5-6-13/h3-4,10-11,13H,2,5-9,12H2,1H3,(H,17,21)(H2,16,18,19). The summed E-state index contributed by atoms with van der Waals surface area (Å²) in [6.07, 6.45) is 6.16. The van der Waals surface area contributed by atoms with Crippen molar-refractivity contribution in [2.45, 2.75) is 26.3 Å². The van der Waals surface area contributed by atoms with Crippen LogP contribution in [0.15, 0.2) is 29.5 Å². The van der Waals surface area contributed by atoms with Crippen molar-refractivity contribution in [3.8, 4) is 0 Å². The maximum Gasteiger partial charge on any atom is 0.223 e. The number of rotatable bonds is 8. The van der Waals surface area contributed by atoms with E-state index in [-0.39, 0.29) is 11.8 Å². The van der Waals surface area contributed by atoms with Gasteiger partial charge in [-0.15, -0.1) is 0 Å². The number of amides is 1. The number of hydrogen-bond donors (Lipinski definition) is 3. The second-order valence-electron chi connectivity index (χ2n) is 5.17. The van der Waals surface area contributed by atoms with Crippen molar-refractivity contribution in [2.75, 3.05) is 26.2 Å². The molecule has 0 aromatic carbocycles. The van der Waals surface area contributed by atoms with Crippen LogP contribution in [0.4, 0.5) is 0 Å². The molecule has 2 rings (SSSR count). The van der Waals surface area contributed by atoms with E-state index in [1.54, 1.807) is 0 Å². The number of aliphatic imine (C=N–C) groups is 1. The van der Waals surface area contributed by atoms with E-state index < -0.39 is 0 Å². The first-order chi connectivity index (χ1) is 10.3. The highest BCUT2D eigenvalue weighted by atomic mass is 16.2. The zero-order chi connectivity index (χ0) is 14.9. The minimum absolute atomic E-state index is 0.177. The van der Waals surface area contributed by atoms with E-state index in [0.29, 0.717) is 13.1 Å². The molecule has 1 fully saturated rings. The summed E-state index contributed by atoms with van der Waals surface area (Å²) < 4.78 is 2.12. The molecular formula is C15H25N5O. The molecule has 0 saturated heterocycles. The lowest BCUT2D eigenvalue weighted by atomic mass is 10.4. The zero-order valence-electron chi connectivity index (χ0n) is 12.6. The maximum atomic E-state index is 11.5. The van der Waals surface area contributed by atoms with Gasteiger partial charge in [0.05, 0.1) is 6.54 Å². The summed E-state index contributed by atoms with van der Waals surface area (Å²) in [7, 11) is 0. The summed E-state index contributed by atoms with van der Waals surface area (Å²) in [5.41, 5.74) is 0. The van der Waals surface area contributed by atoms with Gasteiger partial charge >= 0.3 is 0 Å². The van der Waals surface area contributed by atoms with Gasteiger partial charge in [-0.1, -0.05) is 0 Å². The van der Waals surface area contributed by atoms with Crippen molar-refractivity contribution in [2.24, 2.45) is 10.9 Å². The fraction of sp³-hybridized carbons (Fsp3) is 0.600. The molecule has 116 valence electrons. The van der Waals surface area contributed by atoms with Crippen molar-refractivity contribution >= 4 is 11.9 Å². The van der Waals surface area contributed by atoms with E-state index >= 15 is 0 Å². The van der Waals surface area contributed by atoms with E-state index in [4.69, 9.17) is 0 Å². The van der Waals surface area contributed by atoms with Crippen molar-refractivity contribution < 1.29 is 4.79 Å². The quantitative estimate of drug-likeness (QED) is 0.372. The van der Waals surface area contributed by atoms with Crippen molar-refractivity contribution in [3.63, 3.8) is 0 Å². The smallest absolute Gasteiger partial charge is 0.223 e. The summed E-state index contributed by atoms with van der Waals surface area (Å²) in [4.78, 5) is 15.9. The first-order valence-corrected chi connectivity index (χ1v) is 7.70. The van der Waals surface area contributed by atoms with Crippen LogP contribution in [-0.4, -0.2) is 42.6 Å². The molecule has 1 amide bonds. The van der Waals surface area contributed by atoms with Crippen LogP contribution in [0.3, 0.4) is 0 Å². The van der Waals surface area contributed by atoms with Crippen LogP contribution in [0, 0.1) is 5.92 Å². The third kappa shape index (κ3) is 5.89. The largest absolute Gasteiger partial charge is 0.357 e. The highest BCUT2D eigenvalue weighted by Crippen LogP contribution is 2.28. The molecule has 1 heterocycles. The van der Waals surface area contributed by atoms with Crippen molar-refractivity contribution in [1.82, 2.24) is 20.5 Å². The minimum Gasteiger partial charge on any atom is -0.357 e. The Labute approximate surface area is 126 Å². The number of carbonyl (C=O) groups excluding carboxylic acids is 1. The molecule has 0 bridgehead atoms. The molecule has 1 aliphatic rings. The van der Waals surface area contributed by atoms with E-state index in [2.05, 4.69) is 25.5 Å². The SMILES string of the molecule is CCNC(=NCCNC(=O)C1CC1)NCCn1cccc1. The first-order valence-electron chi connectivity index (χ1n) is 7.70. The number of nitrogens with zero attached hydrogens (tertiary/aromatic N) is 2. The monoisotopic (exact) mass is 291 g/mol. The van der Waals surface area contributed by atoms with Crippen molar-refractivity contribution in [1.29, 1.82) is 0 Å². The summed E-state index contributed by atoms with van der Waals surface area (Å²) in [6, 6.07) is 4.03. The second kappa shape index (κ2) is 8.34. The summed E-state index contributed by atoms with van der Waals surface area (Å²) >= 11 is 0. The molecule has 1 aromatic heterocycles. The fourth-order valence-corrected chi connectivity index (χ4v) is 2.00. The lowest BCUT2D eigenvalue weighted by molar-refractivity contribution is -0.122. The van der Waals surface area contributed by atoms with E-state index in [9.17, 15) is 4.79 Å². The Balaban J connectivity index is 1.64. The van der Waals surface area contributed by atoms with Crippen LogP contribution in [0.1, 0.15) is 19.8 Å². The van der Waals surface area contributed by atoms with E-state index in [0.717, 1.165) is 38.4 Å². The predicted octanol–water partition coefficient (Wildman–Crippen LogP) is 0.569. The van der Waals surface area contributed by atoms with Crippen LogP contribution < -0.4 is 16.0 Å². The Hall–Kier alpha value is -1.98. The topological polar surface area (TPSA) is 70.4 Å². The average Bonchev–Trinajstić information content (AvgIpc) is 3.21. The number of carbonyl (C=O) groups is 1. The molecule has 6 nitrogen and oxygen atoms in total. The lowest BCUT2D eigenvalue weighted by Crippen LogP contribution is -2.39. The molecule has 0 unspecified atom stereocenters. The van der Waals surface area contributed by atoms with Crippen molar-refractivity contribution in [3.05, 3.63) is 24.5 Å². The predicted molar refractivity (Wildman–Crippen MR) is 84.1 cm³/mol. The Morgan fingerprint density at radius 1 is 1.19 bits per heavy atom. The van der Waals surface area contributed by atoms with Gasteiger partial charge in [0.25, 0.3) is 0 Å². The fourth-order valence-electron chi connectivity index (χ4n) is 2.00. The molecule has 1 saturated carbocycles. The Morgan fingerprint density at radius 2 is 1.95 bits per heavy atom. The highest BCUT2D eigenvalue weighted by Gasteiger charge is 2.28. The summed E-state index contributed by atoms with van der Waals surface area (Å²) in [5, 5.41) is 9.41. The number of guanidine groups is 1. The van der Waals surface area contributed by atoms with E-state index in [1.165, 1.54) is 0 Å². The second-order valence-corrected chi connectivity index (χ2v) is 5.17. The normalized spacial score (nSPS) is 14.8. The van der Waals surface area contributed by atoms with Gasteiger partial charge in [-0.3, -0.25) is 9.79 Å². The highest BCUT2D eigenvalue weighted by molar-refractivity contribution is 5.81. The Bertz CT molecular complexity index is 451. The molecule has 0 aliphatic heterocycles. The summed E-state index contributed by atoms with van der Waals surface area (Å²) in [6.45, 7) is 5.77. The van der Waals surface area contributed by atoms with Gasteiger partial charge in [-0.25, -0.2) is 0 Å². The van der Waals surface area contributed by atoms with Gasteiger partial charge in [0.2, 0.25) is 5.91 Å². The van der Waals surface area contributed by atoms with Crippen LogP contribution in [0.5, 0.6) is 0 Å². The third-order valence-corrected chi connectivity index (χ3v) is 3.30. The van der Waals surface area contributed by atoms with Crippen LogP contribution >= 0.6 is 0 Å². The molecular weight excluding hydrogens is 266 g/mol. The van der Waals surface area contributed by atoms with Crippen LogP contribution in [0.2, 0.25) is 0 Å². The molecule has 0 radical (unpaired) electrons. The number of nitrogens with one attached hydrogen (secondary N) is 3. The van der Waals surface area contributed by atoms with Gasteiger partial charge in [-0.2, -0.15) is 0 Å². The first kappa shape index (κ1) is 15.4. The molecule has 3 N–H and O–H groups in total. The van der Waals surface area contributed by atoms with Gasteiger partial charge < -0.3 is 20.5 Å². The molecule has 0 spiro atoms. The Morgan fingerprint density at radius 3 is 2.62 bits per heavy atom. The molecule has 21 heavy (non-hydrogen) atoms. The molecule has 1 aliphatic carbocycles. The van der Waals surface area contributed by atoms with Crippen LogP contribution in [0.25, 0.3) is 0 Å². The lowest BCUT2D eigenvalue weighted by Gasteiger charge is -2.12. The van der Waals surface area contributed by atoms with E-state index in [1.807, 2.05) is 31.5 Å². The molecule has 1 aromatic rings. The Kier molecular flexibility index (Phi) is 6.12. The maximum absolute atomic E-state index is 11.5. The average molecular weight is 291 g/mol. The number of hydrogen-bond acceptors (Lipinski definition) is 2. The summed E-state index contributed by atoms with van der Waals surface area (Å²) in [5.74, 6) is 1.24. The van der Waals surface area contributed by atoms with Gasteiger partial charge in [0.15, 0.2) is 5.96 Å². The van der Waals surface area contributed by atoms with Crippen LogP contribution in [-0.2, 0) is 11.3 Å². The van der Waals surface area contributed by atoms with Gasteiger partial charge in [0.1, 0.15) is 0 Å². The molecule has 6 heteroatoms.